The Kier molecular flexibility index (Phi) is 5.85. The van der Waals surface area contributed by atoms with Crippen molar-refractivity contribution in [2.24, 2.45) is 0 Å². The van der Waals surface area contributed by atoms with E-state index in [2.05, 4.69) is 5.32 Å². The maximum atomic E-state index is 12.5. The fourth-order valence-corrected chi connectivity index (χ4v) is 3.62. The molecule has 1 aliphatic heterocycles. The summed E-state index contributed by atoms with van der Waals surface area (Å²) in [5.74, 6) is 0.451. The first kappa shape index (κ1) is 18.4. The van der Waals surface area contributed by atoms with Crippen molar-refractivity contribution < 1.29 is 14.3 Å². The molecule has 0 unspecified atom stereocenters. The zero-order chi connectivity index (χ0) is 18.5. The van der Waals surface area contributed by atoms with Crippen molar-refractivity contribution in [3.05, 3.63) is 64.5 Å². The third-order valence-electron chi connectivity index (χ3n) is 3.80. The fourth-order valence-electron chi connectivity index (χ4n) is 2.56. The largest absolute Gasteiger partial charge is 0.495 e. The van der Waals surface area contributed by atoms with Crippen LogP contribution >= 0.6 is 23.4 Å². The maximum Gasteiger partial charge on any atom is 0.244 e. The number of nitrogens with zero attached hydrogens (tertiary/aromatic N) is 1. The van der Waals surface area contributed by atoms with Crippen LogP contribution in [0.3, 0.4) is 0 Å². The highest BCUT2D eigenvalue weighted by atomic mass is 35.5. The van der Waals surface area contributed by atoms with Crippen LogP contribution in [-0.4, -0.2) is 36.1 Å². The van der Waals surface area contributed by atoms with Crippen LogP contribution in [0.15, 0.2) is 53.9 Å². The van der Waals surface area contributed by atoms with Gasteiger partial charge in [0.25, 0.3) is 0 Å². The number of methoxy groups -OCH3 is 1. The Bertz CT molecular complexity index is 855. The number of hydrogen-bond donors (Lipinski definition) is 1. The standard InChI is InChI=1S/C19H17ClN2O3S/c1-25-17-8-7-14(9-15(17)20)21-18(23)10-22-16(11-26-12-19(22)24)13-5-3-2-4-6-13/h2-9,11H,10,12H2,1H3,(H,21,23). The molecule has 0 atom stereocenters. The van der Waals surface area contributed by atoms with E-state index in [0.717, 1.165) is 11.3 Å². The molecular weight excluding hydrogens is 372 g/mol. The van der Waals surface area contributed by atoms with E-state index in [1.807, 2.05) is 35.7 Å². The second-order valence-electron chi connectivity index (χ2n) is 5.56. The molecule has 0 saturated carbocycles. The molecule has 134 valence electrons. The summed E-state index contributed by atoms with van der Waals surface area (Å²) in [6.45, 7) is -0.0657. The summed E-state index contributed by atoms with van der Waals surface area (Å²) in [6.07, 6.45) is 0. The summed E-state index contributed by atoms with van der Waals surface area (Å²) < 4.78 is 5.10. The highest BCUT2D eigenvalue weighted by molar-refractivity contribution is 8.03. The molecule has 5 nitrogen and oxygen atoms in total. The number of thioether (sulfide) groups is 1. The van der Waals surface area contributed by atoms with Crippen LogP contribution in [0.4, 0.5) is 5.69 Å². The molecule has 1 heterocycles. The molecule has 7 heteroatoms. The number of halogens is 1. The second-order valence-corrected chi connectivity index (χ2v) is 6.82. The van der Waals surface area contributed by atoms with E-state index < -0.39 is 0 Å². The van der Waals surface area contributed by atoms with Gasteiger partial charge in [-0.3, -0.25) is 9.59 Å². The molecule has 3 rings (SSSR count). The lowest BCUT2D eigenvalue weighted by molar-refractivity contribution is -0.129. The number of carbonyl (C=O) groups is 2. The van der Waals surface area contributed by atoms with E-state index in [1.54, 1.807) is 18.2 Å². The van der Waals surface area contributed by atoms with Crippen LogP contribution in [0.25, 0.3) is 5.70 Å². The number of carbonyl (C=O) groups excluding carboxylic acids is 2. The number of nitrogens with one attached hydrogen (secondary N) is 1. The van der Waals surface area contributed by atoms with E-state index in [9.17, 15) is 9.59 Å². The average molecular weight is 389 g/mol. The predicted octanol–water partition coefficient (Wildman–Crippen LogP) is 3.86. The number of rotatable bonds is 5. The minimum absolute atomic E-state index is 0.0657. The molecule has 1 aliphatic rings. The molecule has 0 bridgehead atoms. The summed E-state index contributed by atoms with van der Waals surface area (Å²) in [7, 11) is 1.52. The number of anilines is 1. The first-order valence-electron chi connectivity index (χ1n) is 7.89. The van der Waals surface area contributed by atoms with Crippen molar-refractivity contribution in [1.29, 1.82) is 0 Å². The molecule has 0 radical (unpaired) electrons. The minimum atomic E-state index is -0.298. The summed E-state index contributed by atoms with van der Waals surface area (Å²) in [6, 6.07) is 14.5. The van der Waals surface area contributed by atoms with Crippen molar-refractivity contribution in [3.8, 4) is 5.75 Å². The Labute approximate surface area is 161 Å². The third kappa shape index (κ3) is 4.20. The van der Waals surface area contributed by atoms with Crippen LogP contribution in [0.5, 0.6) is 5.75 Å². The minimum Gasteiger partial charge on any atom is -0.495 e. The van der Waals surface area contributed by atoms with Gasteiger partial charge < -0.3 is 15.0 Å². The molecule has 2 aromatic rings. The number of hydrogen-bond acceptors (Lipinski definition) is 4. The van der Waals surface area contributed by atoms with Gasteiger partial charge in [0.05, 0.1) is 23.6 Å². The lowest BCUT2D eigenvalue weighted by Crippen LogP contribution is -2.39. The van der Waals surface area contributed by atoms with Gasteiger partial charge in [0.2, 0.25) is 11.8 Å². The van der Waals surface area contributed by atoms with Gasteiger partial charge in [0, 0.05) is 5.69 Å². The Morgan fingerprint density at radius 2 is 2.04 bits per heavy atom. The number of benzene rings is 2. The second kappa shape index (κ2) is 8.29. The van der Waals surface area contributed by atoms with Crippen LogP contribution in [0.2, 0.25) is 5.02 Å². The van der Waals surface area contributed by atoms with Gasteiger partial charge in [-0.2, -0.15) is 0 Å². The van der Waals surface area contributed by atoms with Gasteiger partial charge in [0.1, 0.15) is 12.3 Å². The van der Waals surface area contributed by atoms with Gasteiger partial charge in [-0.25, -0.2) is 0 Å². The van der Waals surface area contributed by atoms with Crippen LogP contribution in [0.1, 0.15) is 5.56 Å². The van der Waals surface area contributed by atoms with Gasteiger partial charge in [-0.05, 0) is 29.2 Å². The Morgan fingerprint density at radius 3 is 2.73 bits per heavy atom. The maximum absolute atomic E-state index is 12.5. The fraction of sp³-hybridized carbons (Fsp3) is 0.158. The smallest absolute Gasteiger partial charge is 0.244 e. The van der Waals surface area contributed by atoms with Crippen LogP contribution in [-0.2, 0) is 9.59 Å². The van der Waals surface area contributed by atoms with Gasteiger partial charge in [-0.15, -0.1) is 11.8 Å². The molecule has 2 amide bonds. The SMILES string of the molecule is COc1ccc(NC(=O)CN2C(=O)CSC=C2c2ccccc2)cc1Cl. The summed E-state index contributed by atoms with van der Waals surface area (Å²) >= 11 is 7.51. The van der Waals surface area contributed by atoms with Crippen molar-refractivity contribution in [2.75, 3.05) is 24.7 Å². The van der Waals surface area contributed by atoms with Crippen LogP contribution in [0, 0.1) is 0 Å². The molecule has 26 heavy (non-hydrogen) atoms. The molecule has 2 aromatic carbocycles. The van der Waals surface area contributed by atoms with Crippen molar-refractivity contribution in [2.45, 2.75) is 0 Å². The number of ether oxygens (including phenoxy) is 1. The van der Waals surface area contributed by atoms with Crippen LogP contribution < -0.4 is 10.1 Å². The lowest BCUT2D eigenvalue weighted by Gasteiger charge is -2.28. The zero-order valence-electron chi connectivity index (χ0n) is 14.1. The van der Waals surface area contributed by atoms with E-state index in [-0.39, 0.29) is 18.4 Å². The van der Waals surface area contributed by atoms with Gasteiger partial charge in [-0.1, -0.05) is 41.9 Å². The van der Waals surface area contributed by atoms with E-state index >= 15 is 0 Å². The molecule has 0 aliphatic carbocycles. The number of amides is 2. The molecular formula is C19H17ClN2O3S. The predicted molar refractivity (Wildman–Crippen MR) is 105 cm³/mol. The summed E-state index contributed by atoms with van der Waals surface area (Å²) in [5.41, 5.74) is 2.17. The van der Waals surface area contributed by atoms with Crippen molar-refractivity contribution in [3.63, 3.8) is 0 Å². The van der Waals surface area contributed by atoms with Crippen molar-refractivity contribution in [1.82, 2.24) is 4.90 Å². The van der Waals surface area contributed by atoms with E-state index in [1.165, 1.54) is 23.8 Å². The highest BCUT2D eigenvalue weighted by Crippen LogP contribution is 2.29. The Morgan fingerprint density at radius 1 is 1.27 bits per heavy atom. The van der Waals surface area contributed by atoms with Crippen molar-refractivity contribution >= 4 is 46.6 Å². The molecule has 0 aromatic heterocycles. The van der Waals surface area contributed by atoms with Gasteiger partial charge >= 0.3 is 0 Å². The van der Waals surface area contributed by atoms with E-state index in [0.29, 0.717) is 22.2 Å². The summed E-state index contributed by atoms with van der Waals surface area (Å²) in [5, 5.41) is 5.08. The average Bonchev–Trinajstić information content (AvgIpc) is 2.64. The lowest BCUT2D eigenvalue weighted by atomic mass is 10.1. The first-order valence-corrected chi connectivity index (χ1v) is 9.32. The van der Waals surface area contributed by atoms with E-state index in [4.69, 9.17) is 16.3 Å². The Balaban J connectivity index is 1.74. The first-order chi connectivity index (χ1) is 12.6. The van der Waals surface area contributed by atoms with Gasteiger partial charge in [0.15, 0.2) is 0 Å². The molecule has 0 saturated heterocycles. The summed E-state index contributed by atoms with van der Waals surface area (Å²) in [4.78, 5) is 26.3. The highest BCUT2D eigenvalue weighted by Gasteiger charge is 2.25. The monoisotopic (exact) mass is 388 g/mol. The molecule has 0 spiro atoms. The third-order valence-corrected chi connectivity index (χ3v) is 4.90. The Hall–Kier alpha value is -2.44. The zero-order valence-corrected chi connectivity index (χ0v) is 15.6. The normalized spacial score (nSPS) is 14.0. The molecule has 0 fully saturated rings. The quantitative estimate of drug-likeness (QED) is 0.844. The molecule has 1 N–H and O–H groups in total. The topological polar surface area (TPSA) is 58.6 Å².